The van der Waals surface area contributed by atoms with Crippen LogP contribution in [0.5, 0.6) is 0 Å². The molecule has 0 bridgehead atoms. The van der Waals surface area contributed by atoms with E-state index in [9.17, 15) is 0 Å². The molecule has 6 unspecified atom stereocenters. The lowest BCUT2D eigenvalue weighted by molar-refractivity contribution is 0.182. The van der Waals surface area contributed by atoms with Crippen LogP contribution in [0.3, 0.4) is 0 Å². The van der Waals surface area contributed by atoms with E-state index in [1.165, 1.54) is 37.7 Å². The van der Waals surface area contributed by atoms with Gasteiger partial charge in [0.05, 0.1) is 6.10 Å². The zero-order valence-corrected chi connectivity index (χ0v) is 17.0. The van der Waals surface area contributed by atoms with Gasteiger partial charge >= 0.3 is 0 Å². The lowest BCUT2D eigenvalue weighted by Gasteiger charge is -2.50. The van der Waals surface area contributed by atoms with Crippen LogP contribution in [0.1, 0.15) is 52.4 Å². The summed E-state index contributed by atoms with van der Waals surface area (Å²) in [5.41, 5.74) is 4.32. The molecule has 0 radical (unpaired) electrons. The van der Waals surface area contributed by atoms with Crippen molar-refractivity contribution >= 4 is 17.6 Å². The molecule has 4 aliphatic carbocycles. The number of hydrogen-bond acceptors (Lipinski definition) is 4. The highest BCUT2D eigenvalue weighted by atomic mass is 35.5. The van der Waals surface area contributed by atoms with Gasteiger partial charge in [0.2, 0.25) is 0 Å². The Labute approximate surface area is 167 Å². The molecule has 0 aromatic carbocycles. The number of rotatable bonds is 2. The zero-order valence-electron chi connectivity index (χ0n) is 16.2. The molecule has 27 heavy (non-hydrogen) atoms. The predicted octanol–water partition coefficient (Wildman–Crippen LogP) is 4.45. The number of amidine groups is 1. The SMILES string of the molecule is CC(C)OC1=NC(Cl)NC(C2=CCC3CCC4C=CCC5CCC2=C3C45)N1. The number of aliphatic imine (C=N–C) groups is 1. The number of allylic oxidation sites excluding steroid dienone is 4. The van der Waals surface area contributed by atoms with Gasteiger partial charge in [-0.15, -0.1) is 0 Å². The van der Waals surface area contributed by atoms with Crippen molar-refractivity contribution in [2.24, 2.45) is 28.7 Å². The Morgan fingerprint density at radius 3 is 2.96 bits per heavy atom. The second-order valence-corrected chi connectivity index (χ2v) is 9.35. The number of halogens is 1. The molecule has 5 aliphatic rings. The standard InChI is InChI=1S/C22H30ClN3O/c1-12(2)27-22-25-20(24-21(23)26-22)17-11-9-15-7-6-13-4-3-5-14-8-10-16(17)19(15)18(13)14/h3-4,11-15,18,20-21,24H,5-10H2,1-2H3,(H,25,26). The van der Waals surface area contributed by atoms with Crippen LogP contribution < -0.4 is 10.6 Å². The van der Waals surface area contributed by atoms with E-state index in [1.807, 2.05) is 13.8 Å². The Morgan fingerprint density at radius 2 is 2.11 bits per heavy atom. The summed E-state index contributed by atoms with van der Waals surface area (Å²) >= 11 is 6.39. The molecule has 2 N–H and O–H groups in total. The third-order valence-electron chi connectivity index (χ3n) is 6.98. The van der Waals surface area contributed by atoms with Crippen LogP contribution in [0.15, 0.2) is 39.9 Å². The van der Waals surface area contributed by atoms with Gasteiger partial charge in [0, 0.05) is 0 Å². The highest BCUT2D eigenvalue weighted by Gasteiger charge is 2.45. The largest absolute Gasteiger partial charge is 0.462 e. The van der Waals surface area contributed by atoms with Crippen LogP contribution in [0.4, 0.5) is 0 Å². The maximum Gasteiger partial charge on any atom is 0.289 e. The summed E-state index contributed by atoms with van der Waals surface area (Å²) in [5.74, 6) is 3.15. The van der Waals surface area contributed by atoms with Crippen molar-refractivity contribution in [3.05, 3.63) is 34.9 Å². The molecule has 0 aromatic heterocycles. The van der Waals surface area contributed by atoms with Crippen LogP contribution >= 0.6 is 11.6 Å². The van der Waals surface area contributed by atoms with E-state index in [-0.39, 0.29) is 12.3 Å². The molecule has 0 spiro atoms. The van der Waals surface area contributed by atoms with E-state index in [0.717, 1.165) is 30.1 Å². The second-order valence-electron chi connectivity index (χ2n) is 8.94. The van der Waals surface area contributed by atoms with Gasteiger partial charge in [-0.25, -0.2) is 4.99 Å². The number of ether oxygens (including phenoxy) is 1. The number of nitrogens with zero attached hydrogens (tertiary/aromatic N) is 1. The fourth-order valence-electron chi connectivity index (χ4n) is 6.02. The second kappa shape index (κ2) is 6.97. The van der Waals surface area contributed by atoms with Gasteiger partial charge in [-0.1, -0.05) is 35.4 Å². The molecule has 0 amide bonds. The number of hydrogen-bond donors (Lipinski definition) is 2. The lowest BCUT2D eigenvalue weighted by Crippen LogP contribution is -2.55. The molecular formula is C22H30ClN3O. The Kier molecular flexibility index (Phi) is 4.60. The molecule has 1 saturated carbocycles. The molecule has 1 heterocycles. The first-order valence-electron chi connectivity index (χ1n) is 10.6. The molecule has 4 nitrogen and oxygen atoms in total. The summed E-state index contributed by atoms with van der Waals surface area (Å²) in [7, 11) is 0. The van der Waals surface area contributed by atoms with Gasteiger partial charge in [-0.05, 0) is 87.2 Å². The average Bonchev–Trinajstić information content (AvgIpc) is 2.65. The Hall–Kier alpha value is -1.26. The van der Waals surface area contributed by atoms with Crippen molar-refractivity contribution in [1.29, 1.82) is 0 Å². The Morgan fingerprint density at radius 1 is 1.22 bits per heavy atom. The maximum atomic E-state index is 6.39. The van der Waals surface area contributed by atoms with Gasteiger partial charge < -0.3 is 10.1 Å². The van der Waals surface area contributed by atoms with Gasteiger partial charge in [0.1, 0.15) is 6.17 Å². The molecule has 0 saturated heterocycles. The van der Waals surface area contributed by atoms with E-state index in [1.54, 1.807) is 11.1 Å². The summed E-state index contributed by atoms with van der Waals surface area (Å²) in [6, 6.07) is 0.554. The zero-order chi connectivity index (χ0) is 18.5. The molecule has 6 atom stereocenters. The van der Waals surface area contributed by atoms with E-state index in [0.29, 0.717) is 6.02 Å². The van der Waals surface area contributed by atoms with Crippen LogP contribution in [-0.2, 0) is 4.74 Å². The Balaban J connectivity index is 1.46. The van der Waals surface area contributed by atoms with E-state index < -0.39 is 5.62 Å². The summed E-state index contributed by atoms with van der Waals surface area (Å²) in [6.07, 6.45) is 15.1. The van der Waals surface area contributed by atoms with Gasteiger partial charge in [-0.2, -0.15) is 0 Å². The normalized spacial score (nSPS) is 40.1. The van der Waals surface area contributed by atoms with Crippen LogP contribution in [-0.4, -0.2) is 23.9 Å². The Bertz CT molecular complexity index is 738. The van der Waals surface area contributed by atoms with E-state index >= 15 is 0 Å². The third-order valence-corrected chi connectivity index (χ3v) is 7.21. The predicted molar refractivity (Wildman–Crippen MR) is 109 cm³/mol. The molecule has 146 valence electrons. The van der Waals surface area contributed by atoms with E-state index in [4.69, 9.17) is 16.3 Å². The van der Waals surface area contributed by atoms with Crippen LogP contribution in [0.25, 0.3) is 0 Å². The minimum Gasteiger partial charge on any atom is -0.462 e. The fourth-order valence-corrected chi connectivity index (χ4v) is 6.24. The minimum atomic E-state index is -0.456. The smallest absolute Gasteiger partial charge is 0.289 e. The summed E-state index contributed by atoms with van der Waals surface area (Å²) in [4.78, 5) is 4.36. The minimum absolute atomic E-state index is 0.0155. The van der Waals surface area contributed by atoms with Crippen molar-refractivity contribution in [3.63, 3.8) is 0 Å². The molecule has 5 heteroatoms. The third kappa shape index (κ3) is 3.15. The lowest BCUT2D eigenvalue weighted by atomic mass is 9.55. The van der Waals surface area contributed by atoms with Crippen molar-refractivity contribution in [2.75, 3.05) is 0 Å². The van der Waals surface area contributed by atoms with Gasteiger partial charge in [0.25, 0.3) is 6.02 Å². The number of nitrogens with one attached hydrogen (secondary N) is 2. The average molecular weight is 388 g/mol. The van der Waals surface area contributed by atoms with Gasteiger partial charge in [-0.3, -0.25) is 5.32 Å². The summed E-state index contributed by atoms with van der Waals surface area (Å²) < 4.78 is 5.82. The van der Waals surface area contributed by atoms with Crippen molar-refractivity contribution < 1.29 is 4.74 Å². The first-order valence-corrected chi connectivity index (χ1v) is 11.0. The van der Waals surface area contributed by atoms with Crippen molar-refractivity contribution in [2.45, 2.75) is 70.3 Å². The summed E-state index contributed by atoms with van der Waals surface area (Å²) in [6.45, 7) is 4.03. The fraction of sp³-hybridized carbons (Fsp3) is 0.682. The molecule has 1 aliphatic heterocycles. The first kappa shape index (κ1) is 17.8. The summed E-state index contributed by atoms with van der Waals surface area (Å²) in [5, 5.41) is 6.86. The topological polar surface area (TPSA) is 45.6 Å². The quantitative estimate of drug-likeness (QED) is 0.418. The molecule has 5 rings (SSSR count). The number of alkyl halides is 1. The highest BCUT2D eigenvalue weighted by molar-refractivity contribution is 6.20. The van der Waals surface area contributed by atoms with Crippen LogP contribution in [0, 0.1) is 23.7 Å². The molecule has 0 aromatic rings. The van der Waals surface area contributed by atoms with Gasteiger partial charge in [0.15, 0.2) is 5.62 Å². The monoisotopic (exact) mass is 387 g/mol. The molecule has 1 fully saturated rings. The highest BCUT2D eigenvalue weighted by Crippen LogP contribution is 2.55. The van der Waals surface area contributed by atoms with Crippen molar-refractivity contribution in [3.8, 4) is 0 Å². The maximum absolute atomic E-state index is 6.39. The van der Waals surface area contributed by atoms with Crippen molar-refractivity contribution in [1.82, 2.24) is 10.6 Å². The van der Waals surface area contributed by atoms with Crippen LogP contribution in [0.2, 0.25) is 0 Å². The molecular weight excluding hydrogens is 358 g/mol. The van der Waals surface area contributed by atoms with E-state index in [2.05, 4.69) is 33.9 Å². The first-order chi connectivity index (χ1) is 13.1.